The summed E-state index contributed by atoms with van der Waals surface area (Å²) in [6.07, 6.45) is 11.7. The fourth-order valence-corrected chi connectivity index (χ4v) is 9.41. The van der Waals surface area contributed by atoms with E-state index in [1.165, 1.54) is 85.3 Å². The topological polar surface area (TPSA) is 65.1 Å². The minimum absolute atomic E-state index is 0.144. The number of hydrogen-bond donors (Lipinski definition) is 1. The molecule has 6 nitrogen and oxygen atoms in total. The second-order valence-corrected chi connectivity index (χ2v) is 14.8. The molecule has 0 unspecified atom stereocenters. The van der Waals surface area contributed by atoms with E-state index < -0.39 is 0 Å². The molecule has 1 N–H and O–H groups in total. The minimum atomic E-state index is 0.144. The number of aryl methyl sites for hydroxylation is 2. The third-order valence-corrected chi connectivity index (χ3v) is 11.7. The summed E-state index contributed by atoms with van der Waals surface area (Å²) in [7, 11) is 1.75. The summed E-state index contributed by atoms with van der Waals surface area (Å²) in [5, 5.41) is 21.3. The summed E-state index contributed by atoms with van der Waals surface area (Å²) in [6.45, 7) is 2.72. The number of pyridine rings is 2. The molecule has 8 aromatic rings. The maximum atomic E-state index is 9.69. The lowest BCUT2D eigenvalue weighted by atomic mass is 10.1. The number of rotatable bonds is 15. The Kier molecular flexibility index (Phi) is 9.77. The summed E-state index contributed by atoms with van der Waals surface area (Å²) in [4.78, 5) is 11.0. The second-order valence-electron chi connectivity index (χ2n) is 13.1. The van der Waals surface area contributed by atoms with E-state index in [0.717, 1.165) is 42.9 Å². The van der Waals surface area contributed by atoms with Crippen LogP contribution in [0.15, 0.2) is 95.3 Å². The number of hydrogen-bond acceptors (Lipinski definition) is 6. The van der Waals surface area contributed by atoms with Crippen LogP contribution in [0.25, 0.3) is 66.1 Å². The Hall–Kier alpha value is -4.34. The number of benzene rings is 2. The van der Waals surface area contributed by atoms with Crippen LogP contribution in [0.1, 0.15) is 49.0 Å². The number of nitrogens with zero attached hydrogens (tertiary/aromatic N) is 4. The second kappa shape index (κ2) is 14.9. The molecule has 8 rings (SSSR count). The number of fused-ring (bicyclic) bond motifs is 6. The van der Waals surface area contributed by atoms with Gasteiger partial charge in [-0.2, -0.15) is 11.3 Å². The Balaban J connectivity index is 0.948. The van der Waals surface area contributed by atoms with Gasteiger partial charge in [-0.1, -0.05) is 62.1 Å². The van der Waals surface area contributed by atoms with Gasteiger partial charge in [0.15, 0.2) is 0 Å². The molecule has 0 radical (unpaired) electrons. The lowest BCUT2D eigenvalue weighted by Crippen LogP contribution is -2.01. The Labute approximate surface area is 300 Å². The molecule has 8 heteroatoms. The average Bonchev–Trinajstić information content (AvgIpc) is 3.94. The average molecular weight is 699 g/mol. The molecule has 0 atom stereocenters. The lowest BCUT2D eigenvalue weighted by Gasteiger charge is -2.12. The molecule has 50 heavy (non-hydrogen) atoms. The Bertz CT molecular complexity index is 2400. The molecule has 6 aromatic heterocycles. The molecule has 2 aromatic carbocycles. The third kappa shape index (κ3) is 6.15. The Morgan fingerprint density at radius 1 is 0.680 bits per heavy atom. The van der Waals surface area contributed by atoms with Crippen LogP contribution in [0.2, 0.25) is 0 Å². The van der Waals surface area contributed by atoms with Crippen molar-refractivity contribution in [3.8, 4) is 22.5 Å². The molecule has 254 valence electrons. The predicted octanol–water partition coefficient (Wildman–Crippen LogP) is 10.9. The van der Waals surface area contributed by atoms with E-state index in [1.54, 1.807) is 29.8 Å². The molecule has 6 heterocycles. The van der Waals surface area contributed by atoms with Crippen LogP contribution in [0.4, 0.5) is 0 Å². The smallest absolute Gasteiger partial charge is 0.0956 e. The number of aliphatic hydroxyl groups is 1. The van der Waals surface area contributed by atoms with Crippen LogP contribution in [0.5, 0.6) is 0 Å². The van der Waals surface area contributed by atoms with Crippen LogP contribution in [-0.4, -0.2) is 37.9 Å². The van der Waals surface area contributed by atoms with E-state index >= 15 is 0 Å². The van der Waals surface area contributed by atoms with Crippen molar-refractivity contribution in [1.82, 2.24) is 19.1 Å². The van der Waals surface area contributed by atoms with Gasteiger partial charge in [0, 0.05) is 98.5 Å². The van der Waals surface area contributed by atoms with E-state index in [0.29, 0.717) is 13.0 Å². The lowest BCUT2D eigenvalue weighted by molar-refractivity contribution is 0.187. The number of unbranched alkanes of at least 4 members (excludes halogenated alkanes) is 5. The van der Waals surface area contributed by atoms with Crippen LogP contribution in [0.3, 0.4) is 0 Å². The standard InChI is InChI=1S/C42H42N4O2S2/c1-48-25-31-24-30(27-50-31)39-41-34(16-19-43-39)32-12-6-8-14-37(32)45(41)21-10-4-2-3-5-11-22-46-38-15-9-7-13-33(38)35-17-20-44-40(42(35)46)36-28-49-26-29(36)18-23-47/h6-9,12-17,19-20,24,26-28,47H,2-5,10-11,18,21-23,25H2,1H3. The number of methoxy groups -OCH3 is 1. The van der Waals surface area contributed by atoms with Gasteiger partial charge < -0.3 is 19.0 Å². The fraction of sp³-hybridized carbons (Fsp3) is 0.286. The van der Waals surface area contributed by atoms with E-state index in [2.05, 4.69) is 92.0 Å². The van der Waals surface area contributed by atoms with Crippen molar-refractivity contribution in [2.24, 2.45) is 0 Å². The highest BCUT2D eigenvalue weighted by Gasteiger charge is 2.19. The molecule has 0 bridgehead atoms. The SMILES string of the molecule is COCc1cc(-c2nccc3c4ccccc4n(CCCCCCCCn4c5ccccc5c5ccnc(-c6cscc6CCO)c54)c23)cs1. The first-order chi connectivity index (χ1) is 24.8. The monoisotopic (exact) mass is 698 g/mol. The Morgan fingerprint density at radius 3 is 1.92 bits per heavy atom. The highest BCUT2D eigenvalue weighted by atomic mass is 32.1. The van der Waals surface area contributed by atoms with Gasteiger partial charge in [0.1, 0.15) is 0 Å². The molecular weight excluding hydrogens is 657 g/mol. The van der Waals surface area contributed by atoms with Crippen molar-refractivity contribution in [1.29, 1.82) is 0 Å². The molecule has 0 aliphatic heterocycles. The number of aromatic nitrogens is 4. The first kappa shape index (κ1) is 32.8. The van der Waals surface area contributed by atoms with Crippen LogP contribution in [0, 0.1) is 0 Å². The van der Waals surface area contributed by atoms with Gasteiger partial charge >= 0.3 is 0 Å². The molecule has 0 saturated carbocycles. The maximum Gasteiger partial charge on any atom is 0.0956 e. The van der Waals surface area contributed by atoms with Crippen LogP contribution in [-0.2, 0) is 30.9 Å². The number of thiophene rings is 2. The van der Waals surface area contributed by atoms with Crippen molar-refractivity contribution in [3.05, 3.63) is 106 Å². The van der Waals surface area contributed by atoms with Gasteiger partial charge in [-0.25, -0.2) is 0 Å². The molecule has 0 spiro atoms. The van der Waals surface area contributed by atoms with Crippen LogP contribution < -0.4 is 0 Å². The summed E-state index contributed by atoms with van der Waals surface area (Å²) in [5.74, 6) is 0. The normalized spacial score (nSPS) is 12.0. The van der Waals surface area contributed by atoms with E-state index in [4.69, 9.17) is 14.7 Å². The third-order valence-electron chi connectivity index (χ3n) is 9.96. The van der Waals surface area contributed by atoms with Gasteiger partial charge in [-0.3, -0.25) is 9.97 Å². The zero-order valence-corrected chi connectivity index (χ0v) is 30.1. The molecular formula is C42H42N4O2S2. The first-order valence-electron chi connectivity index (χ1n) is 17.7. The summed E-state index contributed by atoms with van der Waals surface area (Å²) < 4.78 is 10.4. The van der Waals surface area contributed by atoms with Crippen molar-refractivity contribution >= 4 is 66.3 Å². The summed E-state index contributed by atoms with van der Waals surface area (Å²) >= 11 is 3.42. The van der Waals surface area contributed by atoms with E-state index in [1.807, 2.05) is 12.4 Å². The van der Waals surface area contributed by atoms with Gasteiger partial charge in [-0.05, 0) is 60.5 Å². The highest BCUT2D eigenvalue weighted by molar-refractivity contribution is 7.10. The molecule has 0 fully saturated rings. The molecule has 0 aliphatic rings. The molecule has 0 amide bonds. The van der Waals surface area contributed by atoms with Crippen molar-refractivity contribution < 1.29 is 9.84 Å². The quantitative estimate of drug-likeness (QED) is 0.108. The summed E-state index contributed by atoms with van der Waals surface area (Å²) in [6, 6.07) is 24.1. The van der Waals surface area contributed by atoms with Crippen molar-refractivity contribution in [2.45, 2.75) is 64.6 Å². The van der Waals surface area contributed by atoms with Gasteiger partial charge in [-0.15, -0.1) is 11.3 Å². The van der Waals surface area contributed by atoms with Crippen LogP contribution >= 0.6 is 22.7 Å². The molecule has 0 aliphatic carbocycles. The largest absolute Gasteiger partial charge is 0.396 e. The van der Waals surface area contributed by atoms with Gasteiger partial charge in [0.05, 0.1) is 29.0 Å². The molecule has 0 saturated heterocycles. The number of para-hydroxylation sites is 2. The van der Waals surface area contributed by atoms with E-state index in [9.17, 15) is 5.11 Å². The number of aliphatic hydroxyl groups excluding tert-OH is 1. The Morgan fingerprint density at radius 2 is 1.28 bits per heavy atom. The van der Waals surface area contributed by atoms with Gasteiger partial charge in [0.25, 0.3) is 0 Å². The van der Waals surface area contributed by atoms with Gasteiger partial charge in [0.2, 0.25) is 0 Å². The number of ether oxygens (including phenoxy) is 1. The summed E-state index contributed by atoms with van der Waals surface area (Å²) in [5.41, 5.74) is 10.6. The van der Waals surface area contributed by atoms with Crippen molar-refractivity contribution in [2.75, 3.05) is 13.7 Å². The first-order valence-corrected chi connectivity index (χ1v) is 19.5. The predicted molar refractivity (Wildman–Crippen MR) is 210 cm³/mol. The zero-order valence-electron chi connectivity index (χ0n) is 28.5. The highest BCUT2D eigenvalue weighted by Crippen LogP contribution is 2.38. The van der Waals surface area contributed by atoms with E-state index in [-0.39, 0.29) is 6.61 Å². The minimum Gasteiger partial charge on any atom is -0.396 e. The fourth-order valence-electron chi connectivity index (χ4n) is 7.69. The zero-order chi connectivity index (χ0) is 33.9. The maximum absolute atomic E-state index is 9.69. The van der Waals surface area contributed by atoms with Crippen molar-refractivity contribution in [3.63, 3.8) is 0 Å².